The predicted molar refractivity (Wildman–Crippen MR) is 71.3 cm³/mol. The molecule has 0 radical (unpaired) electrons. The van der Waals surface area contributed by atoms with E-state index in [9.17, 15) is 18.0 Å². The van der Waals surface area contributed by atoms with E-state index >= 15 is 0 Å². The lowest BCUT2D eigenvalue weighted by molar-refractivity contribution is -0.133. The number of carbonyl (C=O) groups excluding carboxylic acids is 1. The van der Waals surface area contributed by atoms with E-state index in [1.54, 1.807) is 19.1 Å². The summed E-state index contributed by atoms with van der Waals surface area (Å²) in [5.41, 5.74) is 0.678. The second-order valence-corrected chi connectivity index (χ2v) is 5.21. The van der Waals surface area contributed by atoms with Crippen molar-refractivity contribution >= 4 is 28.1 Å². The fraction of sp³-hybridized carbons (Fsp3) is 0.0769. The van der Waals surface area contributed by atoms with Crippen molar-refractivity contribution in [3.05, 3.63) is 48.1 Å². The average molecular weight is 296 g/mol. The standard InChI is InChI=1S/C13H12O6S/c1-3-10-6-4-5-9(2)13(10)20(17,18)19-12(16)8-7-11(14)15/h3-8H,1H2,2H3,(H,14,15)/b8-7-. The Hall–Kier alpha value is -2.41. The SMILES string of the molecule is C=Cc1cccc(C)c1S(=O)(=O)OC(=O)/C=C\C(=O)O. The normalized spacial score (nSPS) is 11.2. The molecule has 0 unspecified atom stereocenters. The molecule has 20 heavy (non-hydrogen) atoms. The average Bonchev–Trinajstić information content (AvgIpc) is 2.35. The molecule has 0 atom stereocenters. The van der Waals surface area contributed by atoms with E-state index in [2.05, 4.69) is 10.8 Å². The maximum atomic E-state index is 12.0. The summed E-state index contributed by atoms with van der Waals surface area (Å²) in [5, 5.41) is 8.35. The first-order valence-corrected chi connectivity index (χ1v) is 6.80. The molecule has 0 heterocycles. The number of carboxylic acids is 1. The molecule has 6 nitrogen and oxygen atoms in total. The molecular formula is C13H12O6S. The highest BCUT2D eigenvalue weighted by molar-refractivity contribution is 7.87. The van der Waals surface area contributed by atoms with Gasteiger partial charge in [0.25, 0.3) is 0 Å². The van der Waals surface area contributed by atoms with Crippen molar-refractivity contribution in [2.24, 2.45) is 0 Å². The van der Waals surface area contributed by atoms with Gasteiger partial charge in [0.1, 0.15) is 4.90 Å². The van der Waals surface area contributed by atoms with Crippen molar-refractivity contribution < 1.29 is 27.3 Å². The number of aryl methyl sites for hydroxylation is 1. The van der Waals surface area contributed by atoms with Crippen LogP contribution in [0.4, 0.5) is 0 Å². The first kappa shape index (κ1) is 15.6. The van der Waals surface area contributed by atoms with Gasteiger partial charge in [-0.05, 0) is 18.1 Å². The minimum Gasteiger partial charge on any atom is -0.478 e. The number of aliphatic carboxylic acids is 1. The van der Waals surface area contributed by atoms with Gasteiger partial charge < -0.3 is 9.29 Å². The quantitative estimate of drug-likeness (QED) is 0.653. The fourth-order valence-corrected chi connectivity index (χ4v) is 2.75. The molecule has 0 aliphatic rings. The van der Waals surface area contributed by atoms with E-state index in [-0.39, 0.29) is 4.90 Å². The zero-order chi connectivity index (χ0) is 15.3. The Morgan fingerprint density at radius 2 is 1.95 bits per heavy atom. The van der Waals surface area contributed by atoms with Crippen LogP contribution in [0.2, 0.25) is 0 Å². The lowest BCUT2D eigenvalue weighted by atomic mass is 10.1. The molecule has 0 saturated carbocycles. The lowest BCUT2D eigenvalue weighted by Gasteiger charge is -2.09. The zero-order valence-corrected chi connectivity index (χ0v) is 11.4. The van der Waals surface area contributed by atoms with Gasteiger partial charge in [0, 0.05) is 12.2 Å². The van der Waals surface area contributed by atoms with Crippen LogP contribution in [-0.4, -0.2) is 25.5 Å². The van der Waals surface area contributed by atoms with E-state index in [1.165, 1.54) is 12.1 Å². The summed E-state index contributed by atoms with van der Waals surface area (Å²) in [6.45, 7) is 5.03. The second kappa shape index (κ2) is 6.16. The van der Waals surface area contributed by atoms with Crippen LogP contribution in [0.5, 0.6) is 0 Å². The van der Waals surface area contributed by atoms with Gasteiger partial charge in [-0.2, -0.15) is 8.42 Å². The highest BCUT2D eigenvalue weighted by Crippen LogP contribution is 2.23. The first-order valence-electron chi connectivity index (χ1n) is 5.39. The Kier molecular flexibility index (Phi) is 4.82. The minimum absolute atomic E-state index is 0.174. The van der Waals surface area contributed by atoms with Crippen molar-refractivity contribution in [3.8, 4) is 0 Å². The van der Waals surface area contributed by atoms with E-state index < -0.39 is 22.1 Å². The third-order valence-corrected chi connectivity index (χ3v) is 3.71. The summed E-state index contributed by atoms with van der Waals surface area (Å²) in [6, 6.07) is 4.69. The molecule has 1 N–H and O–H groups in total. The van der Waals surface area contributed by atoms with Crippen LogP contribution in [-0.2, 0) is 23.9 Å². The maximum Gasteiger partial charge on any atom is 0.347 e. The Labute approximate surface area is 116 Å². The summed E-state index contributed by atoms with van der Waals surface area (Å²) in [6.07, 6.45) is 2.33. The molecule has 0 fully saturated rings. The van der Waals surface area contributed by atoms with Crippen LogP contribution >= 0.6 is 0 Å². The smallest absolute Gasteiger partial charge is 0.347 e. The monoisotopic (exact) mass is 296 g/mol. The number of carboxylic acid groups (broad SMARTS) is 1. The van der Waals surface area contributed by atoms with Crippen LogP contribution in [0, 0.1) is 6.92 Å². The molecule has 0 aliphatic heterocycles. The van der Waals surface area contributed by atoms with E-state index in [4.69, 9.17) is 5.11 Å². The second-order valence-electron chi connectivity index (χ2n) is 3.73. The topological polar surface area (TPSA) is 97.7 Å². The zero-order valence-electron chi connectivity index (χ0n) is 10.6. The van der Waals surface area contributed by atoms with Crippen LogP contribution in [0.15, 0.2) is 41.8 Å². The molecule has 0 spiro atoms. The summed E-state index contributed by atoms with van der Waals surface area (Å²) in [4.78, 5) is 21.3. The fourth-order valence-electron chi connectivity index (χ4n) is 1.49. The summed E-state index contributed by atoms with van der Waals surface area (Å²) >= 11 is 0. The Balaban J connectivity index is 3.16. The van der Waals surface area contributed by atoms with E-state index in [0.29, 0.717) is 23.3 Å². The molecule has 0 saturated heterocycles. The van der Waals surface area contributed by atoms with Crippen molar-refractivity contribution in [2.75, 3.05) is 0 Å². The summed E-state index contributed by atoms with van der Waals surface area (Å²) in [7, 11) is -4.35. The van der Waals surface area contributed by atoms with Gasteiger partial charge in [-0.25, -0.2) is 9.59 Å². The first-order chi connectivity index (χ1) is 9.27. The number of benzene rings is 1. The highest BCUT2D eigenvalue weighted by atomic mass is 32.2. The molecule has 106 valence electrons. The largest absolute Gasteiger partial charge is 0.478 e. The third-order valence-electron chi connectivity index (χ3n) is 2.27. The third kappa shape index (κ3) is 3.79. The Morgan fingerprint density at radius 3 is 2.50 bits per heavy atom. The summed E-state index contributed by atoms with van der Waals surface area (Å²) < 4.78 is 28.4. The van der Waals surface area contributed by atoms with Crippen molar-refractivity contribution in [2.45, 2.75) is 11.8 Å². The van der Waals surface area contributed by atoms with Crippen molar-refractivity contribution in [1.29, 1.82) is 0 Å². The van der Waals surface area contributed by atoms with Crippen LogP contribution in [0.3, 0.4) is 0 Å². The van der Waals surface area contributed by atoms with Gasteiger partial charge >= 0.3 is 22.1 Å². The number of carbonyl (C=O) groups is 2. The minimum atomic E-state index is -4.35. The summed E-state index contributed by atoms with van der Waals surface area (Å²) in [5.74, 6) is -2.67. The van der Waals surface area contributed by atoms with Crippen LogP contribution in [0.25, 0.3) is 6.08 Å². The molecule has 1 rings (SSSR count). The number of hydrogen-bond acceptors (Lipinski definition) is 5. The van der Waals surface area contributed by atoms with Gasteiger partial charge in [-0.3, -0.25) is 0 Å². The van der Waals surface area contributed by atoms with E-state index in [1.807, 2.05) is 0 Å². The molecule has 0 bridgehead atoms. The van der Waals surface area contributed by atoms with Gasteiger partial charge in [0.15, 0.2) is 0 Å². The van der Waals surface area contributed by atoms with E-state index in [0.717, 1.165) is 0 Å². The molecule has 0 amide bonds. The number of hydrogen-bond donors (Lipinski definition) is 1. The molecule has 1 aromatic rings. The lowest BCUT2D eigenvalue weighted by Crippen LogP contribution is -2.14. The van der Waals surface area contributed by atoms with Gasteiger partial charge in [-0.15, -0.1) is 0 Å². The predicted octanol–water partition coefficient (Wildman–Crippen LogP) is 1.51. The molecule has 1 aromatic carbocycles. The van der Waals surface area contributed by atoms with Crippen LogP contribution < -0.4 is 0 Å². The Morgan fingerprint density at radius 1 is 1.30 bits per heavy atom. The van der Waals surface area contributed by atoms with Gasteiger partial charge in [0.05, 0.1) is 0 Å². The molecule has 0 aromatic heterocycles. The van der Waals surface area contributed by atoms with Crippen molar-refractivity contribution in [1.82, 2.24) is 0 Å². The van der Waals surface area contributed by atoms with Crippen LogP contribution in [0.1, 0.15) is 11.1 Å². The molecular weight excluding hydrogens is 284 g/mol. The number of rotatable bonds is 5. The van der Waals surface area contributed by atoms with Gasteiger partial charge in [0.2, 0.25) is 0 Å². The Bertz CT molecular complexity index is 685. The highest BCUT2D eigenvalue weighted by Gasteiger charge is 2.23. The maximum absolute atomic E-state index is 12.0. The molecule has 0 aliphatic carbocycles. The van der Waals surface area contributed by atoms with Gasteiger partial charge in [-0.1, -0.05) is 30.9 Å². The van der Waals surface area contributed by atoms with Crippen molar-refractivity contribution in [3.63, 3.8) is 0 Å². The molecule has 7 heteroatoms.